The number of β-lactam (4-membered cyclic amide) rings is 1. The van der Waals surface area contributed by atoms with Gasteiger partial charge >= 0.3 is 12.1 Å². The third-order valence-corrected chi connectivity index (χ3v) is 8.55. The second-order valence-corrected chi connectivity index (χ2v) is 13.3. The monoisotopic (exact) mass is 478 g/mol. The minimum atomic E-state index is -1.47. The molecule has 3 aliphatic rings. The molecule has 0 aromatic rings. The summed E-state index contributed by atoms with van der Waals surface area (Å²) in [7, 11) is -1.47. The molecule has 3 aliphatic heterocycles. The number of hydrogen-bond acceptors (Lipinski definition) is 5. The van der Waals surface area contributed by atoms with Gasteiger partial charge in [-0.3, -0.25) is 4.79 Å². The average Bonchev–Trinajstić information content (AvgIpc) is 3.22. The maximum absolute atomic E-state index is 13.4. The predicted molar refractivity (Wildman–Crippen MR) is 127 cm³/mol. The Morgan fingerprint density at radius 3 is 2.42 bits per heavy atom. The summed E-state index contributed by atoms with van der Waals surface area (Å²) in [6.07, 6.45) is 2.23. The molecule has 8 nitrogen and oxygen atoms in total. The molecule has 184 valence electrons. The third-order valence-electron chi connectivity index (χ3n) is 7.59. The normalized spacial score (nSPS) is 29.2. The van der Waals surface area contributed by atoms with Crippen molar-refractivity contribution < 1.29 is 28.7 Å². The topological polar surface area (TPSA) is 96.4 Å². The number of aliphatic carboxylic acids is 1. The summed E-state index contributed by atoms with van der Waals surface area (Å²) in [6, 6.07) is -0.308. The first-order valence-electron chi connectivity index (χ1n) is 11.8. The summed E-state index contributed by atoms with van der Waals surface area (Å²) in [5, 5.41) is 10.0. The van der Waals surface area contributed by atoms with E-state index >= 15 is 0 Å². The average molecular weight is 479 g/mol. The zero-order chi connectivity index (χ0) is 24.9. The van der Waals surface area contributed by atoms with Crippen molar-refractivity contribution in [1.82, 2.24) is 9.80 Å². The van der Waals surface area contributed by atoms with E-state index in [1.165, 1.54) is 11.0 Å². The molecule has 0 aromatic carbocycles. The largest absolute Gasteiger partial charge is 0.477 e. The number of hydrogen-bond donors (Lipinski definition) is 1. The fourth-order valence-corrected chi connectivity index (χ4v) is 7.15. The van der Waals surface area contributed by atoms with E-state index in [-0.39, 0.29) is 41.6 Å². The van der Waals surface area contributed by atoms with Crippen LogP contribution in [0.1, 0.15) is 47.5 Å². The number of carboxylic acid groups (broad SMARTS) is 1. The maximum atomic E-state index is 13.4. The van der Waals surface area contributed by atoms with Gasteiger partial charge in [0.1, 0.15) is 12.3 Å². The Morgan fingerprint density at radius 2 is 1.91 bits per heavy atom. The highest BCUT2D eigenvalue weighted by Crippen LogP contribution is 2.54. The van der Waals surface area contributed by atoms with Gasteiger partial charge < -0.3 is 24.1 Å². The van der Waals surface area contributed by atoms with Gasteiger partial charge in [0.25, 0.3) is 0 Å². The summed E-state index contributed by atoms with van der Waals surface area (Å²) in [5.74, 6) is -1.78. The van der Waals surface area contributed by atoms with Crippen molar-refractivity contribution in [2.75, 3.05) is 13.2 Å². The van der Waals surface area contributed by atoms with Gasteiger partial charge in [-0.25, -0.2) is 9.59 Å². The van der Waals surface area contributed by atoms with Crippen LogP contribution in [0.4, 0.5) is 4.79 Å². The smallest absolute Gasteiger partial charge is 0.410 e. The first-order valence-corrected chi connectivity index (χ1v) is 14.5. The van der Waals surface area contributed by atoms with Crippen LogP contribution in [0.15, 0.2) is 23.9 Å². The van der Waals surface area contributed by atoms with E-state index in [9.17, 15) is 19.5 Å². The van der Waals surface area contributed by atoms with Crippen LogP contribution in [0, 0.1) is 17.3 Å². The molecule has 1 unspecified atom stereocenters. The number of carbonyl (C=O) groups is 3. The number of carbonyl (C=O) groups excluding carboxylic acids is 2. The Morgan fingerprint density at radius 1 is 1.27 bits per heavy atom. The zero-order valence-corrected chi connectivity index (χ0v) is 22.0. The number of carboxylic acids is 1. The van der Waals surface area contributed by atoms with Crippen LogP contribution < -0.4 is 0 Å². The summed E-state index contributed by atoms with van der Waals surface area (Å²) in [5.41, 5.74) is -0.130. The van der Waals surface area contributed by atoms with E-state index in [0.717, 1.165) is 5.57 Å². The molecule has 2 fully saturated rings. The number of fused-ring (bicyclic) bond motifs is 1. The third kappa shape index (κ3) is 4.25. The summed E-state index contributed by atoms with van der Waals surface area (Å²) in [6.45, 7) is 18.4. The lowest BCUT2D eigenvalue weighted by atomic mass is 9.63. The molecule has 3 heterocycles. The number of amides is 2. The molecule has 2 saturated heterocycles. The van der Waals surface area contributed by atoms with Crippen molar-refractivity contribution in [3.8, 4) is 0 Å². The van der Waals surface area contributed by atoms with E-state index < -0.39 is 32.6 Å². The number of ether oxygens (including phenoxy) is 1. The van der Waals surface area contributed by atoms with Crippen LogP contribution in [0.5, 0.6) is 0 Å². The Hall–Kier alpha value is -2.13. The number of nitrogens with zero attached hydrogens (tertiary/aromatic N) is 2. The van der Waals surface area contributed by atoms with Crippen molar-refractivity contribution in [1.29, 1.82) is 0 Å². The SMILES string of the molecule is C=CCOC(=O)N1CC(C2=C(C(=O)O)N3C(=O)[C@H]([C@@](C)(O[SiH](C)C)C(C)(C)C)[C@H]3C2)C[C@H]1C. The lowest BCUT2D eigenvalue weighted by Crippen LogP contribution is -2.70. The first-order chi connectivity index (χ1) is 15.2. The van der Waals surface area contributed by atoms with E-state index in [4.69, 9.17) is 9.16 Å². The number of likely N-dealkylation sites (tertiary alicyclic amines) is 1. The summed E-state index contributed by atoms with van der Waals surface area (Å²) in [4.78, 5) is 41.2. The van der Waals surface area contributed by atoms with E-state index in [2.05, 4.69) is 40.4 Å². The highest BCUT2D eigenvalue weighted by molar-refractivity contribution is 6.48. The lowest BCUT2D eigenvalue weighted by Gasteiger charge is -2.57. The zero-order valence-electron chi connectivity index (χ0n) is 20.9. The molecule has 0 aromatic heterocycles. The highest BCUT2D eigenvalue weighted by atomic mass is 28.3. The van der Waals surface area contributed by atoms with Gasteiger partial charge in [0, 0.05) is 18.5 Å². The molecule has 5 atom stereocenters. The van der Waals surface area contributed by atoms with Crippen LogP contribution in [0.2, 0.25) is 13.1 Å². The maximum Gasteiger partial charge on any atom is 0.410 e. The molecular formula is C24H38N2O6Si. The van der Waals surface area contributed by atoms with Crippen molar-refractivity contribution in [2.45, 2.75) is 78.2 Å². The second-order valence-electron chi connectivity index (χ2n) is 11.0. The molecule has 0 saturated carbocycles. The molecule has 2 amide bonds. The number of rotatable bonds is 7. The molecule has 0 radical (unpaired) electrons. The Bertz CT molecular complexity index is 879. The second kappa shape index (κ2) is 8.90. The Labute approximate surface area is 198 Å². The van der Waals surface area contributed by atoms with Crippen LogP contribution in [0.3, 0.4) is 0 Å². The Balaban J connectivity index is 1.89. The molecule has 0 aliphatic carbocycles. The van der Waals surface area contributed by atoms with Gasteiger partial charge in [-0.05, 0) is 50.8 Å². The van der Waals surface area contributed by atoms with Crippen molar-refractivity contribution >= 4 is 27.0 Å². The Kier molecular flexibility index (Phi) is 6.88. The van der Waals surface area contributed by atoms with Crippen LogP contribution in [0.25, 0.3) is 0 Å². The van der Waals surface area contributed by atoms with Crippen molar-refractivity contribution in [2.24, 2.45) is 17.3 Å². The molecule has 0 bridgehead atoms. The van der Waals surface area contributed by atoms with Gasteiger partial charge in [-0.2, -0.15) is 0 Å². The lowest BCUT2D eigenvalue weighted by molar-refractivity contribution is -0.180. The van der Waals surface area contributed by atoms with Gasteiger partial charge in [0.2, 0.25) is 5.91 Å². The molecule has 33 heavy (non-hydrogen) atoms. The quantitative estimate of drug-likeness (QED) is 0.342. The van der Waals surface area contributed by atoms with E-state index in [1.807, 2.05) is 13.8 Å². The van der Waals surface area contributed by atoms with Gasteiger partial charge in [-0.15, -0.1) is 0 Å². The van der Waals surface area contributed by atoms with Gasteiger partial charge in [0.05, 0.1) is 17.6 Å². The summed E-state index contributed by atoms with van der Waals surface area (Å²) < 4.78 is 11.7. The first kappa shape index (κ1) is 25.5. The van der Waals surface area contributed by atoms with E-state index in [1.54, 1.807) is 4.90 Å². The van der Waals surface area contributed by atoms with Crippen LogP contribution in [-0.4, -0.2) is 72.8 Å². The minimum Gasteiger partial charge on any atom is -0.477 e. The standard InChI is InChI=1S/C24H38N2O6Si/c1-9-10-31-22(30)25-13-15(11-14(25)2)16-12-17-18(20(27)26(17)19(16)21(28)29)24(6,23(3,4)5)32-33(7)8/h9,14-15,17-18,33H,1,10-13H2,2-8H3,(H,28,29)/t14-,15?,17-,18-,24-/m1/s1. The van der Waals surface area contributed by atoms with Crippen LogP contribution >= 0.6 is 0 Å². The molecule has 0 spiro atoms. The predicted octanol–water partition coefficient (Wildman–Crippen LogP) is 3.39. The highest BCUT2D eigenvalue weighted by Gasteiger charge is 2.65. The van der Waals surface area contributed by atoms with Crippen molar-refractivity contribution in [3.63, 3.8) is 0 Å². The molecule has 9 heteroatoms. The fourth-order valence-electron chi connectivity index (χ4n) is 5.67. The van der Waals surface area contributed by atoms with Gasteiger partial charge in [-0.1, -0.05) is 33.4 Å². The summed E-state index contributed by atoms with van der Waals surface area (Å²) >= 11 is 0. The molecule has 1 N–H and O–H groups in total. The van der Waals surface area contributed by atoms with Crippen molar-refractivity contribution in [3.05, 3.63) is 23.9 Å². The minimum absolute atomic E-state index is 0.0790. The molecule has 3 rings (SSSR count). The fraction of sp³-hybridized carbons (Fsp3) is 0.708. The van der Waals surface area contributed by atoms with E-state index in [0.29, 0.717) is 19.4 Å². The molecular weight excluding hydrogens is 440 g/mol. The van der Waals surface area contributed by atoms with Crippen LogP contribution in [-0.2, 0) is 18.8 Å². The van der Waals surface area contributed by atoms with Gasteiger partial charge in [0.15, 0.2) is 9.04 Å².